The average Bonchev–Trinajstić information content (AvgIpc) is 2.77. The van der Waals surface area contributed by atoms with Gasteiger partial charge in [0.2, 0.25) is 0 Å². The molecule has 1 fully saturated rings. The Kier molecular flexibility index (Phi) is 7.87. The second-order valence-corrected chi connectivity index (χ2v) is 8.17. The zero-order valence-electron chi connectivity index (χ0n) is 18.7. The molecular formula is C24H33ClN2O3. The van der Waals surface area contributed by atoms with Crippen molar-refractivity contribution in [2.24, 2.45) is 0 Å². The summed E-state index contributed by atoms with van der Waals surface area (Å²) in [7, 11) is 3.35. The molecule has 0 N–H and O–H groups in total. The second-order valence-electron chi connectivity index (χ2n) is 7.76. The third kappa shape index (κ3) is 5.02. The van der Waals surface area contributed by atoms with Crippen LogP contribution in [-0.4, -0.2) is 58.5 Å². The lowest BCUT2D eigenvalue weighted by Crippen LogP contribution is -2.47. The van der Waals surface area contributed by atoms with Crippen molar-refractivity contribution in [1.29, 1.82) is 0 Å². The van der Waals surface area contributed by atoms with E-state index in [0.717, 1.165) is 43.4 Å². The summed E-state index contributed by atoms with van der Waals surface area (Å²) >= 11 is 6.18. The number of benzene rings is 2. The quantitative estimate of drug-likeness (QED) is 0.555. The van der Waals surface area contributed by atoms with Crippen LogP contribution in [-0.2, 0) is 4.74 Å². The molecule has 6 heteroatoms. The van der Waals surface area contributed by atoms with E-state index >= 15 is 0 Å². The van der Waals surface area contributed by atoms with Crippen LogP contribution in [0.5, 0.6) is 11.5 Å². The van der Waals surface area contributed by atoms with Gasteiger partial charge in [-0.3, -0.25) is 4.90 Å². The number of rotatable bonds is 8. The third-order valence-electron chi connectivity index (χ3n) is 6.14. The van der Waals surface area contributed by atoms with Gasteiger partial charge in [-0.05, 0) is 55.7 Å². The predicted octanol–water partition coefficient (Wildman–Crippen LogP) is 4.87. The molecule has 0 amide bonds. The molecule has 0 bridgehead atoms. The van der Waals surface area contributed by atoms with Gasteiger partial charge in [-0.25, -0.2) is 0 Å². The molecular weight excluding hydrogens is 400 g/mol. The van der Waals surface area contributed by atoms with Crippen LogP contribution in [0.15, 0.2) is 30.3 Å². The van der Waals surface area contributed by atoms with Crippen molar-refractivity contribution in [2.45, 2.75) is 26.8 Å². The topological polar surface area (TPSA) is 34.2 Å². The van der Waals surface area contributed by atoms with Crippen molar-refractivity contribution in [3.8, 4) is 11.5 Å². The number of halogens is 1. The predicted molar refractivity (Wildman–Crippen MR) is 123 cm³/mol. The number of methoxy groups -OCH3 is 2. The number of ether oxygens (including phenoxy) is 3. The van der Waals surface area contributed by atoms with Crippen LogP contribution >= 0.6 is 11.6 Å². The largest absolute Gasteiger partial charge is 0.495 e. The first-order chi connectivity index (χ1) is 14.5. The summed E-state index contributed by atoms with van der Waals surface area (Å²) in [5.41, 5.74) is 5.05. The van der Waals surface area contributed by atoms with Gasteiger partial charge in [0.25, 0.3) is 0 Å². The maximum Gasteiger partial charge on any atom is 0.139 e. The Morgan fingerprint density at radius 1 is 0.933 bits per heavy atom. The highest BCUT2D eigenvalue weighted by Crippen LogP contribution is 2.33. The Labute approximate surface area is 185 Å². The number of hydrogen-bond donors (Lipinski definition) is 0. The van der Waals surface area contributed by atoms with Gasteiger partial charge in [0, 0.05) is 51.1 Å². The summed E-state index contributed by atoms with van der Waals surface area (Å²) in [4.78, 5) is 4.95. The van der Waals surface area contributed by atoms with Gasteiger partial charge in [-0.1, -0.05) is 17.7 Å². The van der Waals surface area contributed by atoms with Gasteiger partial charge in [0.15, 0.2) is 0 Å². The van der Waals surface area contributed by atoms with Crippen molar-refractivity contribution < 1.29 is 14.2 Å². The number of hydrogen-bond acceptors (Lipinski definition) is 5. The molecule has 5 nitrogen and oxygen atoms in total. The van der Waals surface area contributed by atoms with E-state index in [4.69, 9.17) is 25.8 Å². The smallest absolute Gasteiger partial charge is 0.139 e. The molecule has 0 unspecified atom stereocenters. The highest BCUT2D eigenvalue weighted by atomic mass is 35.5. The number of nitrogens with zero attached hydrogens (tertiary/aromatic N) is 2. The van der Waals surface area contributed by atoms with Crippen molar-refractivity contribution >= 4 is 17.3 Å². The minimum Gasteiger partial charge on any atom is -0.495 e. The van der Waals surface area contributed by atoms with Crippen molar-refractivity contribution in [3.63, 3.8) is 0 Å². The Hall–Kier alpha value is -1.95. The molecule has 2 aromatic carbocycles. The first kappa shape index (κ1) is 22.7. The summed E-state index contributed by atoms with van der Waals surface area (Å²) < 4.78 is 16.3. The zero-order chi connectivity index (χ0) is 21.7. The average molecular weight is 433 g/mol. The highest BCUT2D eigenvalue weighted by Gasteiger charge is 2.24. The van der Waals surface area contributed by atoms with Crippen molar-refractivity contribution in [2.75, 3.05) is 58.5 Å². The van der Waals surface area contributed by atoms with E-state index in [1.54, 1.807) is 14.2 Å². The fraction of sp³-hybridized carbons (Fsp3) is 0.500. The highest BCUT2D eigenvalue weighted by molar-refractivity contribution is 6.32. The molecule has 0 aromatic heterocycles. The van der Waals surface area contributed by atoms with Crippen LogP contribution in [0.3, 0.4) is 0 Å². The molecule has 1 saturated heterocycles. The molecule has 1 aliphatic rings. The first-order valence-corrected chi connectivity index (χ1v) is 10.9. The minimum atomic E-state index is 0.360. The number of piperazine rings is 1. The summed E-state index contributed by atoms with van der Waals surface area (Å²) in [5.74, 6) is 1.67. The maximum absolute atomic E-state index is 6.18. The molecule has 1 heterocycles. The first-order valence-electron chi connectivity index (χ1n) is 10.5. The van der Waals surface area contributed by atoms with E-state index in [-0.39, 0.29) is 0 Å². The zero-order valence-corrected chi connectivity index (χ0v) is 19.5. The van der Waals surface area contributed by atoms with Gasteiger partial charge in [-0.2, -0.15) is 0 Å². The lowest BCUT2D eigenvalue weighted by Gasteiger charge is -2.40. The summed E-state index contributed by atoms with van der Waals surface area (Å²) in [6.07, 6.45) is 0. The van der Waals surface area contributed by atoms with Crippen molar-refractivity contribution in [3.05, 3.63) is 52.0 Å². The van der Waals surface area contributed by atoms with Crippen LogP contribution < -0.4 is 14.4 Å². The maximum atomic E-state index is 6.18. The molecule has 0 saturated carbocycles. The van der Waals surface area contributed by atoms with Gasteiger partial charge in [0.05, 0.1) is 18.7 Å². The Balaban J connectivity index is 1.65. The lowest BCUT2D eigenvalue weighted by molar-refractivity contribution is 0.146. The molecule has 0 spiro atoms. The Bertz CT molecular complexity index is 851. The summed E-state index contributed by atoms with van der Waals surface area (Å²) in [5, 5.41) is 0.647. The molecule has 164 valence electrons. The van der Waals surface area contributed by atoms with Crippen LogP contribution in [0, 0.1) is 13.8 Å². The minimum absolute atomic E-state index is 0.360. The van der Waals surface area contributed by atoms with Gasteiger partial charge in [-0.15, -0.1) is 0 Å². The van der Waals surface area contributed by atoms with E-state index in [9.17, 15) is 0 Å². The van der Waals surface area contributed by atoms with Gasteiger partial charge >= 0.3 is 0 Å². The van der Waals surface area contributed by atoms with E-state index in [1.165, 1.54) is 16.7 Å². The van der Waals surface area contributed by atoms with Crippen LogP contribution in [0.4, 0.5) is 5.69 Å². The standard InChI is InChI=1S/C24H33ClN2O3/c1-17-18(2)23(30-15-14-28-4)9-7-21(17)19(3)26-10-12-27(13-11-26)20-6-8-22(25)24(16-20)29-5/h6-9,16,19H,10-15H2,1-5H3/t19-/m0/s1. The fourth-order valence-corrected chi connectivity index (χ4v) is 4.26. The number of anilines is 1. The van der Waals surface area contributed by atoms with E-state index in [0.29, 0.717) is 24.3 Å². The molecule has 0 radical (unpaired) electrons. The fourth-order valence-electron chi connectivity index (χ4n) is 4.07. The second kappa shape index (κ2) is 10.4. The van der Waals surface area contributed by atoms with E-state index in [1.807, 2.05) is 12.1 Å². The summed E-state index contributed by atoms with van der Waals surface area (Å²) in [6, 6.07) is 10.7. The van der Waals surface area contributed by atoms with E-state index < -0.39 is 0 Å². The lowest BCUT2D eigenvalue weighted by atomic mass is 9.96. The van der Waals surface area contributed by atoms with Crippen LogP contribution in [0.25, 0.3) is 0 Å². The molecule has 30 heavy (non-hydrogen) atoms. The molecule has 3 rings (SSSR count). The third-order valence-corrected chi connectivity index (χ3v) is 6.45. The summed E-state index contributed by atoms with van der Waals surface area (Å²) in [6.45, 7) is 11.8. The molecule has 2 aromatic rings. The van der Waals surface area contributed by atoms with E-state index in [2.05, 4.69) is 48.8 Å². The molecule has 0 aliphatic carbocycles. The molecule has 1 atom stereocenters. The van der Waals surface area contributed by atoms with Gasteiger partial charge in [0.1, 0.15) is 18.1 Å². The Morgan fingerprint density at radius 3 is 2.33 bits per heavy atom. The van der Waals surface area contributed by atoms with Crippen molar-refractivity contribution in [1.82, 2.24) is 4.90 Å². The molecule has 1 aliphatic heterocycles. The monoisotopic (exact) mass is 432 g/mol. The normalized spacial score (nSPS) is 15.9. The van der Waals surface area contributed by atoms with Crippen LogP contribution in [0.2, 0.25) is 5.02 Å². The Morgan fingerprint density at radius 2 is 1.67 bits per heavy atom. The SMILES string of the molecule is COCCOc1ccc([C@H](C)N2CCN(c3ccc(Cl)c(OC)c3)CC2)c(C)c1C. The van der Waals surface area contributed by atoms with Gasteiger partial charge < -0.3 is 19.1 Å². The van der Waals surface area contributed by atoms with Crippen LogP contribution in [0.1, 0.15) is 29.7 Å².